The summed E-state index contributed by atoms with van der Waals surface area (Å²) in [6, 6.07) is 8.86. The van der Waals surface area contributed by atoms with E-state index in [1.165, 1.54) is 30.4 Å². The number of hydrogen-bond donors (Lipinski definition) is 1. The fraction of sp³-hybridized carbons (Fsp3) is 0.625. The van der Waals surface area contributed by atoms with Crippen LogP contribution in [0.15, 0.2) is 24.3 Å². The molecule has 2 atom stereocenters. The van der Waals surface area contributed by atoms with Gasteiger partial charge in [-0.15, -0.1) is 0 Å². The van der Waals surface area contributed by atoms with Crippen molar-refractivity contribution in [1.82, 2.24) is 0 Å². The van der Waals surface area contributed by atoms with Crippen LogP contribution >= 0.6 is 0 Å². The lowest BCUT2D eigenvalue weighted by atomic mass is 9.70. The molecule has 2 aliphatic rings. The number of benzene rings is 1. The summed E-state index contributed by atoms with van der Waals surface area (Å²) in [5.74, 6) is 0.585. The molecule has 1 aliphatic carbocycles. The van der Waals surface area contributed by atoms with E-state index >= 15 is 0 Å². The quantitative estimate of drug-likeness (QED) is 0.867. The van der Waals surface area contributed by atoms with Gasteiger partial charge >= 0.3 is 0 Å². The lowest BCUT2D eigenvalue weighted by molar-refractivity contribution is -0.146. The molecule has 2 nitrogen and oxygen atoms in total. The third kappa shape index (κ3) is 2.19. The van der Waals surface area contributed by atoms with E-state index in [0.29, 0.717) is 5.92 Å². The van der Waals surface area contributed by atoms with Crippen LogP contribution in [0.1, 0.15) is 49.3 Å². The van der Waals surface area contributed by atoms with Gasteiger partial charge in [0.1, 0.15) is 0 Å². The average Bonchev–Trinajstić information content (AvgIpc) is 2.37. The second-order valence-electron chi connectivity index (χ2n) is 6.07. The van der Waals surface area contributed by atoms with Crippen LogP contribution in [0.25, 0.3) is 0 Å². The maximum Gasteiger partial charge on any atom is 0.0686 e. The molecule has 2 unspecified atom stereocenters. The summed E-state index contributed by atoms with van der Waals surface area (Å²) in [6.45, 7) is 3.01. The van der Waals surface area contributed by atoms with E-state index in [4.69, 9.17) is 10.5 Å². The van der Waals surface area contributed by atoms with Crippen molar-refractivity contribution < 1.29 is 4.74 Å². The maximum absolute atomic E-state index is 6.46. The average molecular weight is 245 g/mol. The molecule has 1 aliphatic heterocycles. The van der Waals surface area contributed by atoms with Gasteiger partial charge in [0.05, 0.1) is 5.60 Å². The molecule has 0 amide bonds. The second kappa shape index (κ2) is 4.67. The molecule has 18 heavy (non-hydrogen) atoms. The summed E-state index contributed by atoms with van der Waals surface area (Å²) in [6.07, 6.45) is 6.07. The van der Waals surface area contributed by atoms with Gasteiger partial charge < -0.3 is 10.5 Å². The van der Waals surface area contributed by atoms with E-state index in [1.807, 2.05) is 0 Å². The fourth-order valence-corrected chi connectivity index (χ4v) is 3.35. The van der Waals surface area contributed by atoms with Crippen LogP contribution in [0.4, 0.5) is 0 Å². The second-order valence-corrected chi connectivity index (χ2v) is 6.07. The van der Waals surface area contributed by atoms with Crippen molar-refractivity contribution >= 4 is 0 Å². The van der Waals surface area contributed by atoms with Gasteiger partial charge in [0, 0.05) is 12.6 Å². The Kier molecular flexibility index (Phi) is 3.16. The minimum Gasteiger partial charge on any atom is -0.375 e. The van der Waals surface area contributed by atoms with Crippen LogP contribution in [0.2, 0.25) is 0 Å². The Morgan fingerprint density at radius 3 is 2.61 bits per heavy atom. The summed E-state index contributed by atoms with van der Waals surface area (Å²) in [7, 11) is 0. The molecule has 1 aromatic rings. The summed E-state index contributed by atoms with van der Waals surface area (Å²) in [5, 5.41) is 0. The predicted octanol–water partition coefficient (Wildman–Crippen LogP) is 3.34. The largest absolute Gasteiger partial charge is 0.375 e. The van der Waals surface area contributed by atoms with Gasteiger partial charge in [0.2, 0.25) is 0 Å². The highest BCUT2D eigenvalue weighted by Gasteiger charge is 2.43. The Morgan fingerprint density at radius 1 is 1.28 bits per heavy atom. The van der Waals surface area contributed by atoms with E-state index in [1.54, 1.807) is 0 Å². The first-order valence-corrected chi connectivity index (χ1v) is 7.15. The Bertz CT molecular complexity index is 408. The van der Waals surface area contributed by atoms with Crippen LogP contribution in [0, 0.1) is 12.8 Å². The van der Waals surface area contributed by atoms with Gasteiger partial charge in [-0.05, 0) is 50.5 Å². The molecule has 1 aromatic carbocycles. The van der Waals surface area contributed by atoms with Crippen molar-refractivity contribution in [3.05, 3.63) is 35.4 Å². The highest BCUT2D eigenvalue weighted by Crippen LogP contribution is 2.46. The van der Waals surface area contributed by atoms with Crippen molar-refractivity contribution in [1.29, 1.82) is 0 Å². The minimum atomic E-state index is 0.173. The lowest BCUT2D eigenvalue weighted by Crippen LogP contribution is -2.47. The van der Waals surface area contributed by atoms with Crippen LogP contribution in [-0.4, -0.2) is 12.2 Å². The van der Waals surface area contributed by atoms with Gasteiger partial charge in [-0.25, -0.2) is 0 Å². The Morgan fingerprint density at radius 2 is 2.00 bits per heavy atom. The Labute approximate surface area is 110 Å². The van der Waals surface area contributed by atoms with Gasteiger partial charge in [-0.2, -0.15) is 0 Å². The number of rotatable bonds is 2. The van der Waals surface area contributed by atoms with E-state index in [-0.39, 0.29) is 11.6 Å². The zero-order valence-electron chi connectivity index (χ0n) is 11.2. The number of nitrogens with two attached hydrogens (primary N) is 1. The molecule has 1 heterocycles. The van der Waals surface area contributed by atoms with Crippen molar-refractivity contribution in [3.63, 3.8) is 0 Å². The zero-order chi connectivity index (χ0) is 12.6. The standard InChI is InChI=1S/C16H23NO/c1-12-3-5-13(6-4-12)15(17)14-7-10-18-16(11-14)8-2-9-16/h3-6,14-15H,2,7-11,17H2,1H3. The van der Waals surface area contributed by atoms with E-state index in [0.717, 1.165) is 19.4 Å². The van der Waals surface area contributed by atoms with Gasteiger partial charge in [-0.3, -0.25) is 0 Å². The van der Waals surface area contributed by atoms with Gasteiger partial charge in [0.15, 0.2) is 0 Å². The van der Waals surface area contributed by atoms with Crippen LogP contribution in [0.5, 0.6) is 0 Å². The Hall–Kier alpha value is -0.860. The lowest BCUT2D eigenvalue weighted by Gasteiger charge is -2.48. The van der Waals surface area contributed by atoms with E-state index < -0.39 is 0 Å². The summed E-state index contributed by atoms with van der Waals surface area (Å²) < 4.78 is 5.98. The number of aryl methyl sites for hydroxylation is 1. The number of hydrogen-bond acceptors (Lipinski definition) is 2. The molecule has 1 saturated carbocycles. The van der Waals surface area contributed by atoms with Crippen LogP contribution in [-0.2, 0) is 4.74 Å². The summed E-state index contributed by atoms with van der Waals surface area (Å²) >= 11 is 0. The van der Waals surface area contributed by atoms with Crippen molar-refractivity contribution in [2.45, 2.75) is 50.7 Å². The molecule has 3 rings (SSSR count). The van der Waals surface area contributed by atoms with Crippen molar-refractivity contribution in [2.75, 3.05) is 6.61 Å². The van der Waals surface area contributed by atoms with E-state index in [2.05, 4.69) is 31.2 Å². The van der Waals surface area contributed by atoms with Crippen molar-refractivity contribution in [2.24, 2.45) is 11.7 Å². The topological polar surface area (TPSA) is 35.2 Å². The van der Waals surface area contributed by atoms with Crippen molar-refractivity contribution in [3.8, 4) is 0 Å². The smallest absolute Gasteiger partial charge is 0.0686 e. The molecular formula is C16H23NO. The molecule has 0 aromatic heterocycles. The van der Waals surface area contributed by atoms with Crippen LogP contribution < -0.4 is 5.73 Å². The van der Waals surface area contributed by atoms with Gasteiger partial charge in [-0.1, -0.05) is 29.8 Å². The SMILES string of the molecule is Cc1ccc(C(N)C2CCOC3(CCC3)C2)cc1. The maximum atomic E-state index is 6.46. The first-order chi connectivity index (χ1) is 8.69. The molecule has 2 N–H and O–H groups in total. The first-order valence-electron chi connectivity index (χ1n) is 7.15. The monoisotopic (exact) mass is 245 g/mol. The summed E-state index contributed by atoms with van der Waals surface area (Å²) in [5.41, 5.74) is 9.24. The first kappa shape index (κ1) is 12.2. The van der Waals surface area contributed by atoms with Crippen LogP contribution in [0.3, 0.4) is 0 Å². The number of ether oxygens (including phenoxy) is 1. The predicted molar refractivity (Wildman–Crippen MR) is 73.4 cm³/mol. The summed E-state index contributed by atoms with van der Waals surface area (Å²) in [4.78, 5) is 0. The molecule has 2 fully saturated rings. The molecule has 98 valence electrons. The minimum absolute atomic E-state index is 0.173. The highest BCUT2D eigenvalue weighted by atomic mass is 16.5. The molecule has 0 radical (unpaired) electrons. The Balaban J connectivity index is 1.71. The normalized spacial score (nSPS) is 27.8. The molecular weight excluding hydrogens is 222 g/mol. The van der Waals surface area contributed by atoms with E-state index in [9.17, 15) is 0 Å². The zero-order valence-corrected chi connectivity index (χ0v) is 11.2. The molecule has 0 bridgehead atoms. The van der Waals surface area contributed by atoms with Gasteiger partial charge in [0.25, 0.3) is 0 Å². The highest BCUT2D eigenvalue weighted by molar-refractivity contribution is 5.24. The molecule has 2 heteroatoms. The third-order valence-electron chi connectivity index (χ3n) is 4.77. The third-order valence-corrected chi connectivity index (χ3v) is 4.77. The molecule has 1 spiro atoms. The fourth-order valence-electron chi connectivity index (χ4n) is 3.35. The molecule has 1 saturated heterocycles.